The van der Waals surface area contributed by atoms with Gasteiger partial charge in [0.1, 0.15) is 5.82 Å². The molecule has 3 rings (SSSR count). The molecule has 1 aromatic carbocycles. The van der Waals surface area contributed by atoms with Crippen LogP contribution in [-0.4, -0.2) is 21.9 Å². The first-order valence-electron chi connectivity index (χ1n) is 9.38. The zero-order valence-corrected chi connectivity index (χ0v) is 15.6. The van der Waals surface area contributed by atoms with Gasteiger partial charge in [-0.25, -0.2) is 4.39 Å². The van der Waals surface area contributed by atoms with Crippen molar-refractivity contribution in [2.45, 2.75) is 39.3 Å². The van der Waals surface area contributed by atoms with Crippen LogP contribution in [0.2, 0.25) is 0 Å². The number of benzene rings is 1. The van der Waals surface area contributed by atoms with Gasteiger partial charge in [-0.1, -0.05) is 31.9 Å². The van der Waals surface area contributed by atoms with Crippen LogP contribution in [0.5, 0.6) is 0 Å². The SMILES string of the molecule is CCCCCN(Cc1cccn1Cc1ccc(F)cc1)C(=O)c1ccco1. The normalized spacial score (nSPS) is 10.9. The predicted octanol–water partition coefficient (Wildman–Crippen LogP) is 5.10. The van der Waals surface area contributed by atoms with E-state index in [0.29, 0.717) is 25.4 Å². The molecule has 1 amide bonds. The zero-order chi connectivity index (χ0) is 19.1. The van der Waals surface area contributed by atoms with Crippen LogP contribution in [0.15, 0.2) is 65.4 Å². The fraction of sp³-hybridized carbons (Fsp3) is 0.318. The summed E-state index contributed by atoms with van der Waals surface area (Å²) in [6.45, 7) is 3.99. The third-order valence-corrected chi connectivity index (χ3v) is 4.59. The van der Waals surface area contributed by atoms with E-state index >= 15 is 0 Å². The molecule has 142 valence electrons. The number of nitrogens with zero attached hydrogens (tertiary/aromatic N) is 2. The lowest BCUT2D eigenvalue weighted by Gasteiger charge is -2.23. The average Bonchev–Trinajstić information content (AvgIpc) is 3.35. The highest BCUT2D eigenvalue weighted by atomic mass is 19.1. The van der Waals surface area contributed by atoms with Crippen molar-refractivity contribution in [3.63, 3.8) is 0 Å². The predicted molar refractivity (Wildman–Crippen MR) is 103 cm³/mol. The first kappa shape index (κ1) is 19.0. The molecular formula is C22H25FN2O2. The van der Waals surface area contributed by atoms with Crippen molar-refractivity contribution in [1.82, 2.24) is 9.47 Å². The van der Waals surface area contributed by atoms with Crippen LogP contribution in [0.3, 0.4) is 0 Å². The molecule has 0 bridgehead atoms. The summed E-state index contributed by atoms with van der Waals surface area (Å²) in [6.07, 6.45) is 6.65. The number of carbonyl (C=O) groups is 1. The first-order chi connectivity index (χ1) is 13.2. The van der Waals surface area contributed by atoms with Gasteiger partial charge in [-0.15, -0.1) is 0 Å². The Morgan fingerprint density at radius 2 is 1.93 bits per heavy atom. The maximum atomic E-state index is 13.1. The van der Waals surface area contributed by atoms with Crippen molar-refractivity contribution < 1.29 is 13.6 Å². The highest BCUT2D eigenvalue weighted by Crippen LogP contribution is 2.15. The van der Waals surface area contributed by atoms with Gasteiger partial charge in [-0.05, 0) is 48.4 Å². The maximum Gasteiger partial charge on any atom is 0.289 e. The summed E-state index contributed by atoms with van der Waals surface area (Å²) in [7, 11) is 0. The number of carbonyl (C=O) groups excluding carboxylic acids is 1. The number of hydrogen-bond donors (Lipinski definition) is 0. The van der Waals surface area contributed by atoms with E-state index < -0.39 is 0 Å². The quantitative estimate of drug-likeness (QED) is 0.493. The number of aromatic nitrogens is 1. The molecule has 0 aliphatic heterocycles. The van der Waals surface area contributed by atoms with E-state index in [4.69, 9.17) is 4.42 Å². The minimum absolute atomic E-state index is 0.0920. The first-order valence-corrected chi connectivity index (χ1v) is 9.38. The average molecular weight is 368 g/mol. The van der Waals surface area contributed by atoms with Crippen LogP contribution >= 0.6 is 0 Å². The van der Waals surface area contributed by atoms with E-state index in [0.717, 1.165) is 30.5 Å². The summed E-state index contributed by atoms with van der Waals surface area (Å²) in [5.74, 6) is 0.0337. The summed E-state index contributed by atoms with van der Waals surface area (Å²) in [5, 5.41) is 0. The minimum atomic E-state index is -0.238. The highest BCUT2D eigenvalue weighted by Gasteiger charge is 2.19. The molecule has 0 saturated heterocycles. The number of unbranched alkanes of at least 4 members (excludes halogenated alkanes) is 2. The van der Waals surface area contributed by atoms with Crippen molar-refractivity contribution >= 4 is 5.91 Å². The van der Waals surface area contributed by atoms with E-state index in [1.807, 2.05) is 23.2 Å². The molecule has 0 radical (unpaired) electrons. The number of halogens is 1. The second-order valence-electron chi connectivity index (χ2n) is 6.67. The van der Waals surface area contributed by atoms with E-state index in [1.54, 1.807) is 24.3 Å². The third-order valence-electron chi connectivity index (χ3n) is 4.59. The fourth-order valence-corrected chi connectivity index (χ4v) is 3.09. The van der Waals surface area contributed by atoms with Gasteiger partial charge in [0.15, 0.2) is 5.76 Å². The fourth-order valence-electron chi connectivity index (χ4n) is 3.09. The van der Waals surface area contributed by atoms with Gasteiger partial charge in [0.2, 0.25) is 0 Å². The number of hydrogen-bond acceptors (Lipinski definition) is 2. The van der Waals surface area contributed by atoms with Crippen LogP contribution < -0.4 is 0 Å². The molecule has 2 heterocycles. The second-order valence-corrected chi connectivity index (χ2v) is 6.67. The van der Waals surface area contributed by atoms with Gasteiger partial charge < -0.3 is 13.9 Å². The Morgan fingerprint density at radius 1 is 1.11 bits per heavy atom. The molecule has 0 spiro atoms. The van der Waals surface area contributed by atoms with Gasteiger partial charge in [0, 0.05) is 25.0 Å². The Morgan fingerprint density at radius 3 is 2.63 bits per heavy atom. The van der Waals surface area contributed by atoms with Crippen LogP contribution in [0.1, 0.15) is 48.0 Å². The molecule has 3 aromatic rings. The molecule has 0 aliphatic rings. The molecular weight excluding hydrogens is 343 g/mol. The second kappa shape index (κ2) is 9.21. The molecule has 2 aromatic heterocycles. The maximum absolute atomic E-state index is 13.1. The topological polar surface area (TPSA) is 38.4 Å². The molecule has 27 heavy (non-hydrogen) atoms. The monoisotopic (exact) mass is 368 g/mol. The summed E-state index contributed by atoms with van der Waals surface area (Å²) < 4.78 is 20.5. The Hall–Kier alpha value is -2.82. The molecule has 0 unspecified atom stereocenters. The Kier molecular flexibility index (Phi) is 6.47. The molecule has 4 nitrogen and oxygen atoms in total. The Labute approximate surface area is 159 Å². The lowest BCUT2D eigenvalue weighted by atomic mass is 10.2. The molecule has 0 N–H and O–H groups in total. The van der Waals surface area contributed by atoms with Gasteiger partial charge in [-0.2, -0.15) is 0 Å². The largest absolute Gasteiger partial charge is 0.459 e. The lowest BCUT2D eigenvalue weighted by Crippen LogP contribution is -2.32. The van der Waals surface area contributed by atoms with Crippen molar-refractivity contribution in [1.29, 1.82) is 0 Å². The molecule has 0 atom stereocenters. The summed E-state index contributed by atoms with van der Waals surface area (Å²) in [4.78, 5) is 14.7. The van der Waals surface area contributed by atoms with Crippen molar-refractivity contribution in [2.75, 3.05) is 6.54 Å². The van der Waals surface area contributed by atoms with Crippen LogP contribution in [0.4, 0.5) is 4.39 Å². The lowest BCUT2D eigenvalue weighted by molar-refractivity contribution is 0.0704. The van der Waals surface area contributed by atoms with E-state index in [2.05, 4.69) is 11.5 Å². The minimum Gasteiger partial charge on any atom is -0.459 e. The van der Waals surface area contributed by atoms with Crippen molar-refractivity contribution in [3.8, 4) is 0 Å². The molecule has 0 aliphatic carbocycles. The van der Waals surface area contributed by atoms with E-state index in [-0.39, 0.29) is 11.7 Å². The molecule has 0 fully saturated rings. The smallest absolute Gasteiger partial charge is 0.289 e. The number of furan rings is 1. The van der Waals surface area contributed by atoms with Gasteiger partial charge in [0.25, 0.3) is 5.91 Å². The van der Waals surface area contributed by atoms with E-state index in [9.17, 15) is 9.18 Å². The zero-order valence-electron chi connectivity index (χ0n) is 15.6. The van der Waals surface area contributed by atoms with Crippen LogP contribution in [-0.2, 0) is 13.1 Å². The van der Waals surface area contributed by atoms with Gasteiger partial charge >= 0.3 is 0 Å². The number of amides is 1. The molecule has 5 heteroatoms. The Bertz CT molecular complexity index is 838. The van der Waals surface area contributed by atoms with Gasteiger partial charge in [-0.3, -0.25) is 4.79 Å². The summed E-state index contributed by atoms with van der Waals surface area (Å²) in [5.41, 5.74) is 2.06. The summed E-state index contributed by atoms with van der Waals surface area (Å²) in [6, 6.07) is 13.9. The van der Waals surface area contributed by atoms with Gasteiger partial charge in [0.05, 0.1) is 12.8 Å². The summed E-state index contributed by atoms with van der Waals surface area (Å²) >= 11 is 0. The third kappa shape index (κ3) is 5.09. The highest BCUT2D eigenvalue weighted by molar-refractivity contribution is 5.91. The standard InChI is InChI=1S/C22H25FN2O2/c1-2-3-4-13-25(22(26)21-8-6-15-27-21)17-20-7-5-14-24(20)16-18-9-11-19(23)12-10-18/h5-12,14-15H,2-4,13,16-17H2,1H3. The van der Waals surface area contributed by atoms with E-state index in [1.165, 1.54) is 18.4 Å². The Balaban J connectivity index is 1.74. The number of rotatable bonds is 9. The van der Waals surface area contributed by atoms with Crippen LogP contribution in [0, 0.1) is 5.82 Å². The van der Waals surface area contributed by atoms with Crippen molar-refractivity contribution in [2.24, 2.45) is 0 Å². The molecule has 0 saturated carbocycles. The van der Waals surface area contributed by atoms with Crippen molar-refractivity contribution in [3.05, 3.63) is 83.8 Å². The van der Waals surface area contributed by atoms with Crippen LogP contribution in [0.25, 0.3) is 0 Å².